The van der Waals surface area contributed by atoms with Gasteiger partial charge >= 0.3 is 0 Å². The summed E-state index contributed by atoms with van der Waals surface area (Å²) in [5.41, 5.74) is 0.345. The molecule has 1 aromatic carbocycles. The van der Waals surface area contributed by atoms with Gasteiger partial charge in [-0.05, 0) is 17.7 Å². The summed E-state index contributed by atoms with van der Waals surface area (Å²) in [5, 5.41) is 15.9. The molecule has 0 aliphatic rings. The standard InChI is InChI=1S/C13H13ClFN3O2S/c1-16-13-18-6-11(21-13)12(20)17-5-10(19)7-2-3-8(14)9(15)4-7/h2-4,6,10,19H,5H2,1H3,(H,16,18)(H,17,20). The molecule has 5 nitrogen and oxygen atoms in total. The summed E-state index contributed by atoms with van der Waals surface area (Å²) in [6.07, 6.45) is 0.428. The fourth-order valence-corrected chi connectivity index (χ4v) is 2.41. The fourth-order valence-electron chi connectivity index (χ4n) is 1.61. The van der Waals surface area contributed by atoms with Crippen molar-refractivity contribution in [2.75, 3.05) is 18.9 Å². The maximum Gasteiger partial charge on any atom is 0.263 e. The lowest BCUT2D eigenvalue weighted by Gasteiger charge is -2.12. The Morgan fingerprint density at radius 2 is 2.33 bits per heavy atom. The zero-order valence-electron chi connectivity index (χ0n) is 11.1. The lowest BCUT2D eigenvalue weighted by atomic mass is 10.1. The van der Waals surface area contributed by atoms with Crippen LogP contribution in [-0.2, 0) is 0 Å². The number of hydrogen-bond acceptors (Lipinski definition) is 5. The number of halogens is 2. The first kappa shape index (κ1) is 15.7. The minimum atomic E-state index is -1.02. The second-order valence-corrected chi connectivity index (χ2v) is 5.62. The first-order valence-corrected chi connectivity index (χ1v) is 7.25. The van der Waals surface area contributed by atoms with Crippen LogP contribution in [0.3, 0.4) is 0 Å². The van der Waals surface area contributed by atoms with Gasteiger partial charge in [0.25, 0.3) is 5.91 Å². The van der Waals surface area contributed by atoms with Crippen LogP contribution < -0.4 is 10.6 Å². The highest BCUT2D eigenvalue weighted by Crippen LogP contribution is 2.20. The molecule has 8 heteroatoms. The molecule has 0 radical (unpaired) electrons. The molecule has 112 valence electrons. The molecular weight excluding hydrogens is 317 g/mol. The largest absolute Gasteiger partial charge is 0.387 e. The number of aromatic nitrogens is 1. The first-order valence-electron chi connectivity index (χ1n) is 6.06. The van der Waals surface area contributed by atoms with Gasteiger partial charge in [0.15, 0.2) is 5.13 Å². The third kappa shape index (κ3) is 3.90. The number of aliphatic hydroxyl groups is 1. The van der Waals surface area contributed by atoms with Crippen molar-refractivity contribution in [3.63, 3.8) is 0 Å². The molecule has 0 bridgehead atoms. The Morgan fingerprint density at radius 1 is 1.57 bits per heavy atom. The van der Waals surface area contributed by atoms with Crippen LogP contribution in [0.1, 0.15) is 21.3 Å². The third-order valence-corrected chi connectivity index (χ3v) is 4.05. The summed E-state index contributed by atoms with van der Waals surface area (Å²) in [6, 6.07) is 4.01. The molecule has 0 aliphatic heterocycles. The van der Waals surface area contributed by atoms with E-state index in [4.69, 9.17) is 11.6 Å². The Bertz CT molecular complexity index is 650. The highest BCUT2D eigenvalue weighted by molar-refractivity contribution is 7.17. The minimum Gasteiger partial charge on any atom is -0.387 e. The highest BCUT2D eigenvalue weighted by atomic mass is 35.5. The maximum atomic E-state index is 13.3. The first-order chi connectivity index (χ1) is 10.0. The van der Waals surface area contributed by atoms with Gasteiger partial charge in [-0.2, -0.15) is 0 Å². The Hall–Kier alpha value is -1.70. The second-order valence-electron chi connectivity index (χ2n) is 4.18. The summed E-state index contributed by atoms with van der Waals surface area (Å²) < 4.78 is 13.3. The van der Waals surface area contributed by atoms with E-state index in [0.29, 0.717) is 15.6 Å². The predicted molar refractivity (Wildman–Crippen MR) is 80.4 cm³/mol. The molecule has 0 aliphatic carbocycles. The zero-order chi connectivity index (χ0) is 15.4. The fraction of sp³-hybridized carbons (Fsp3) is 0.231. The summed E-state index contributed by atoms with van der Waals surface area (Å²) in [5.74, 6) is -0.955. The van der Waals surface area contributed by atoms with Crippen LogP contribution >= 0.6 is 22.9 Å². The van der Waals surface area contributed by atoms with Crippen LogP contribution in [0.25, 0.3) is 0 Å². The van der Waals surface area contributed by atoms with Crippen molar-refractivity contribution in [3.8, 4) is 0 Å². The van der Waals surface area contributed by atoms with Crippen molar-refractivity contribution >= 4 is 34.0 Å². The average molecular weight is 330 g/mol. The van der Waals surface area contributed by atoms with Gasteiger partial charge in [0.2, 0.25) is 0 Å². The number of rotatable bonds is 5. The SMILES string of the molecule is CNc1ncc(C(=O)NCC(O)c2ccc(Cl)c(F)c2)s1. The van der Waals surface area contributed by atoms with Crippen LogP contribution in [0.4, 0.5) is 9.52 Å². The zero-order valence-corrected chi connectivity index (χ0v) is 12.6. The molecule has 1 unspecified atom stereocenters. The predicted octanol–water partition coefficient (Wildman–Crippen LogP) is 2.44. The van der Waals surface area contributed by atoms with Crippen LogP contribution in [0.2, 0.25) is 5.02 Å². The summed E-state index contributed by atoms with van der Waals surface area (Å²) in [6.45, 7) is -0.0350. The molecule has 1 amide bonds. The molecule has 1 aromatic heterocycles. The summed E-state index contributed by atoms with van der Waals surface area (Å²) in [7, 11) is 1.71. The average Bonchev–Trinajstić information content (AvgIpc) is 2.96. The van der Waals surface area contributed by atoms with Gasteiger partial charge in [0.1, 0.15) is 10.7 Å². The molecule has 0 spiro atoms. The van der Waals surface area contributed by atoms with E-state index in [1.807, 2.05) is 0 Å². The Labute approximate surface area is 129 Å². The number of aliphatic hydroxyl groups excluding tert-OH is 1. The number of thiazole rings is 1. The van der Waals surface area contributed by atoms with Gasteiger partial charge in [-0.1, -0.05) is 29.0 Å². The lowest BCUT2D eigenvalue weighted by Crippen LogP contribution is -2.27. The number of anilines is 1. The Morgan fingerprint density at radius 3 is 2.95 bits per heavy atom. The number of carbonyl (C=O) groups excluding carboxylic acids is 1. The minimum absolute atomic E-state index is 0.0146. The molecular formula is C13H13ClFN3O2S. The highest BCUT2D eigenvalue weighted by Gasteiger charge is 2.14. The molecule has 2 rings (SSSR count). The number of amides is 1. The number of nitrogens with one attached hydrogen (secondary N) is 2. The van der Waals surface area contributed by atoms with Crippen LogP contribution in [-0.4, -0.2) is 29.6 Å². The van der Waals surface area contributed by atoms with E-state index < -0.39 is 11.9 Å². The van der Waals surface area contributed by atoms with Crippen LogP contribution in [0, 0.1) is 5.82 Å². The van der Waals surface area contributed by atoms with Crippen molar-refractivity contribution in [3.05, 3.63) is 45.7 Å². The van der Waals surface area contributed by atoms with E-state index >= 15 is 0 Å². The Balaban J connectivity index is 1.95. The van der Waals surface area contributed by atoms with Gasteiger partial charge in [0.05, 0.1) is 17.3 Å². The molecule has 2 aromatic rings. The van der Waals surface area contributed by atoms with Gasteiger partial charge in [-0.3, -0.25) is 4.79 Å². The number of nitrogens with zero attached hydrogens (tertiary/aromatic N) is 1. The Kier molecular flexibility index (Phi) is 5.11. The number of hydrogen-bond donors (Lipinski definition) is 3. The van der Waals surface area contributed by atoms with Gasteiger partial charge in [-0.25, -0.2) is 9.37 Å². The topological polar surface area (TPSA) is 74.2 Å². The second kappa shape index (κ2) is 6.84. The van der Waals surface area contributed by atoms with E-state index in [9.17, 15) is 14.3 Å². The molecule has 0 saturated heterocycles. The maximum absolute atomic E-state index is 13.3. The van der Waals surface area contributed by atoms with Crippen molar-refractivity contribution in [2.45, 2.75) is 6.10 Å². The van der Waals surface area contributed by atoms with Crippen LogP contribution in [0.15, 0.2) is 24.4 Å². The van der Waals surface area contributed by atoms with Crippen molar-refractivity contribution in [2.24, 2.45) is 0 Å². The van der Waals surface area contributed by atoms with Crippen molar-refractivity contribution in [1.82, 2.24) is 10.3 Å². The van der Waals surface area contributed by atoms with Crippen LogP contribution in [0.5, 0.6) is 0 Å². The smallest absolute Gasteiger partial charge is 0.263 e. The molecule has 0 saturated carbocycles. The quantitative estimate of drug-likeness (QED) is 0.787. The summed E-state index contributed by atoms with van der Waals surface area (Å²) >= 11 is 6.77. The van der Waals surface area contributed by atoms with E-state index in [-0.39, 0.29) is 17.5 Å². The molecule has 0 fully saturated rings. The number of carbonyl (C=O) groups is 1. The van der Waals surface area contributed by atoms with Gasteiger partial charge in [0, 0.05) is 13.6 Å². The number of benzene rings is 1. The molecule has 21 heavy (non-hydrogen) atoms. The van der Waals surface area contributed by atoms with E-state index in [1.165, 1.54) is 29.7 Å². The van der Waals surface area contributed by atoms with Crippen molar-refractivity contribution in [1.29, 1.82) is 0 Å². The van der Waals surface area contributed by atoms with Gasteiger partial charge < -0.3 is 15.7 Å². The molecule has 3 N–H and O–H groups in total. The molecule has 1 heterocycles. The van der Waals surface area contributed by atoms with E-state index in [2.05, 4.69) is 15.6 Å². The van der Waals surface area contributed by atoms with E-state index in [0.717, 1.165) is 6.07 Å². The molecule has 1 atom stereocenters. The van der Waals surface area contributed by atoms with Crippen molar-refractivity contribution < 1.29 is 14.3 Å². The van der Waals surface area contributed by atoms with Gasteiger partial charge in [-0.15, -0.1) is 0 Å². The monoisotopic (exact) mass is 329 g/mol. The van der Waals surface area contributed by atoms with E-state index in [1.54, 1.807) is 7.05 Å². The lowest BCUT2D eigenvalue weighted by molar-refractivity contribution is 0.0920. The third-order valence-electron chi connectivity index (χ3n) is 2.73. The normalized spacial score (nSPS) is 12.0. The summed E-state index contributed by atoms with van der Waals surface area (Å²) in [4.78, 5) is 16.3.